The van der Waals surface area contributed by atoms with Crippen LogP contribution in [0.4, 0.5) is 0 Å². The molecule has 1 aliphatic heterocycles. The zero-order valence-corrected chi connectivity index (χ0v) is 12.4. The van der Waals surface area contributed by atoms with Crippen LogP contribution in [0.2, 0.25) is 5.02 Å². The van der Waals surface area contributed by atoms with Crippen LogP contribution in [0.3, 0.4) is 0 Å². The molecule has 1 aromatic carbocycles. The third kappa shape index (κ3) is 4.12. The lowest BCUT2D eigenvalue weighted by atomic mass is 10.1. The summed E-state index contributed by atoms with van der Waals surface area (Å²) in [5.74, 6) is 0.588. The molecule has 20 heavy (non-hydrogen) atoms. The van der Waals surface area contributed by atoms with Gasteiger partial charge in [0.15, 0.2) is 6.61 Å². The maximum Gasteiger partial charge on any atom is 0.260 e. The van der Waals surface area contributed by atoms with Crippen molar-refractivity contribution >= 4 is 17.5 Å². The van der Waals surface area contributed by atoms with E-state index in [1.807, 2.05) is 17.0 Å². The maximum absolute atomic E-state index is 12.0. The third-order valence-corrected chi connectivity index (χ3v) is 3.78. The summed E-state index contributed by atoms with van der Waals surface area (Å²) >= 11 is 6.14. The molecule has 110 valence electrons. The molecule has 0 aliphatic carbocycles. The van der Waals surface area contributed by atoms with E-state index in [1.54, 1.807) is 6.07 Å². The second-order valence-electron chi connectivity index (χ2n) is 5.03. The van der Waals surface area contributed by atoms with Crippen molar-refractivity contribution in [1.82, 2.24) is 4.90 Å². The molecule has 0 spiro atoms. The average Bonchev–Trinajstić information content (AvgIpc) is 2.47. The first-order valence-corrected chi connectivity index (χ1v) is 7.47. The van der Waals surface area contributed by atoms with Crippen LogP contribution in [0, 0.1) is 0 Å². The van der Waals surface area contributed by atoms with Crippen LogP contribution in [0.1, 0.15) is 24.8 Å². The molecule has 1 aromatic rings. The molecular weight excluding hydrogens is 276 g/mol. The molecule has 1 saturated heterocycles. The number of hydrogen-bond donors (Lipinski definition) is 1. The topological polar surface area (TPSA) is 55.6 Å². The number of likely N-dealkylation sites (tertiary alicyclic amines) is 1. The summed E-state index contributed by atoms with van der Waals surface area (Å²) in [5, 5.41) is 0.530. The normalized spacial score (nSPS) is 15.2. The monoisotopic (exact) mass is 296 g/mol. The van der Waals surface area contributed by atoms with E-state index >= 15 is 0 Å². The lowest BCUT2D eigenvalue weighted by Gasteiger charge is -2.26. The summed E-state index contributed by atoms with van der Waals surface area (Å²) in [6.07, 6.45) is 4.16. The van der Waals surface area contributed by atoms with Gasteiger partial charge in [0.1, 0.15) is 5.75 Å². The Kier molecular flexibility index (Phi) is 5.68. The molecule has 1 amide bonds. The third-order valence-electron chi connectivity index (χ3n) is 3.49. The van der Waals surface area contributed by atoms with Gasteiger partial charge in [0.2, 0.25) is 0 Å². The summed E-state index contributed by atoms with van der Waals surface area (Å²) in [6.45, 7) is 2.32. The Morgan fingerprint density at radius 2 is 2.05 bits per heavy atom. The molecule has 0 atom stereocenters. The molecule has 0 unspecified atom stereocenters. The molecule has 0 aromatic heterocycles. The van der Waals surface area contributed by atoms with Crippen molar-refractivity contribution in [2.24, 2.45) is 5.73 Å². The number of hydrogen-bond acceptors (Lipinski definition) is 3. The Hall–Kier alpha value is -1.26. The first-order chi connectivity index (χ1) is 9.70. The quantitative estimate of drug-likeness (QED) is 0.906. The number of nitrogens with zero attached hydrogens (tertiary/aromatic N) is 1. The highest BCUT2D eigenvalue weighted by Crippen LogP contribution is 2.25. The van der Waals surface area contributed by atoms with Crippen LogP contribution >= 0.6 is 11.6 Å². The summed E-state index contributed by atoms with van der Waals surface area (Å²) < 4.78 is 5.53. The van der Waals surface area contributed by atoms with Crippen molar-refractivity contribution in [3.63, 3.8) is 0 Å². The molecule has 5 heteroatoms. The lowest BCUT2D eigenvalue weighted by molar-refractivity contribution is -0.134. The number of carbonyl (C=O) groups excluding carboxylic acids is 1. The molecule has 0 radical (unpaired) electrons. The Labute approximate surface area is 124 Å². The number of amides is 1. The maximum atomic E-state index is 12.0. The molecular formula is C15H21ClN2O2. The van der Waals surface area contributed by atoms with Crippen LogP contribution in [0.15, 0.2) is 18.2 Å². The van der Waals surface area contributed by atoms with E-state index in [0.29, 0.717) is 17.3 Å². The van der Waals surface area contributed by atoms with Crippen molar-refractivity contribution < 1.29 is 9.53 Å². The van der Waals surface area contributed by atoms with Gasteiger partial charge in [-0.15, -0.1) is 0 Å². The predicted molar refractivity (Wildman–Crippen MR) is 80.1 cm³/mol. The molecule has 0 saturated carbocycles. The Morgan fingerprint density at radius 1 is 1.30 bits per heavy atom. The standard InChI is InChI=1S/C15H21ClN2O2/c16-13-10-12(6-7-17)4-5-14(13)20-11-15(19)18-8-2-1-3-9-18/h4-5,10H,1-3,6-9,11,17H2. The summed E-state index contributed by atoms with van der Waals surface area (Å²) in [4.78, 5) is 13.9. The SMILES string of the molecule is NCCc1ccc(OCC(=O)N2CCCCC2)c(Cl)c1. The van der Waals surface area contributed by atoms with Crippen LogP contribution in [0.5, 0.6) is 5.75 Å². The Balaban J connectivity index is 1.88. The number of carbonyl (C=O) groups is 1. The van der Waals surface area contributed by atoms with Gasteiger partial charge in [-0.05, 0) is 49.9 Å². The van der Waals surface area contributed by atoms with Gasteiger partial charge in [0.05, 0.1) is 5.02 Å². The predicted octanol–water partition coefficient (Wildman–Crippen LogP) is 2.23. The fourth-order valence-corrected chi connectivity index (χ4v) is 2.62. The first-order valence-electron chi connectivity index (χ1n) is 7.10. The molecule has 1 aliphatic rings. The lowest BCUT2D eigenvalue weighted by Crippen LogP contribution is -2.38. The van der Waals surface area contributed by atoms with E-state index in [-0.39, 0.29) is 12.5 Å². The largest absolute Gasteiger partial charge is 0.482 e. The van der Waals surface area contributed by atoms with Gasteiger partial charge in [-0.25, -0.2) is 0 Å². The molecule has 0 bridgehead atoms. The molecule has 1 heterocycles. The highest BCUT2D eigenvalue weighted by atomic mass is 35.5. The van der Waals surface area contributed by atoms with Gasteiger partial charge in [-0.1, -0.05) is 17.7 Å². The number of rotatable bonds is 5. The van der Waals surface area contributed by atoms with Crippen LogP contribution in [-0.4, -0.2) is 37.0 Å². The van der Waals surface area contributed by atoms with Crippen molar-refractivity contribution in [2.45, 2.75) is 25.7 Å². The summed E-state index contributed by atoms with van der Waals surface area (Å²) in [6, 6.07) is 5.57. The minimum atomic E-state index is 0.0341. The zero-order valence-electron chi connectivity index (χ0n) is 11.6. The fourth-order valence-electron chi connectivity index (χ4n) is 2.36. The van der Waals surface area contributed by atoms with Crippen molar-refractivity contribution in [3.8, 4) is 5.75 Å². The van der Waals surface area contributed by atoms with Crippen molar-refractivity contribution in [3.05, 3.63) is 28.8 Å². The molecule has 4 nitrogen and oxygen atoms in total. The number of benzene rings is 1. The summed E-state index contributed by atoms with van der Waals surface area (Å²) in [5.41, 5.74) is 6.58. The van der Waals surface area contributed by atoms with E-state index in [0.717, 1.165) is 37.9 Å². The van der Waals surface area contributed by atoms with E-state index in [2.05, 4.69) is 0 Å². The molecule has 1 fully saturated rings. The molecule has 2 rings (SSSR count). The highest BCUT2D eigenvalue weighted by Gasteiger charge is 2.17. The van der Waals surface area contributed by atoms with Crippen molar-refractivity contribution in [2.75, 3.05) is 26.2 Å². The number of piperidine rings is 1. The van der Waals surface area contributed by atoms with E-state index < -0.39 is 0 Å². The van der Waals surface area contributed by atoms with Gasteiger partial charge < -0.3 is 15.4 Å². The van der Waals surface area contributed by atoms with Gasteiger partial charge in [-0.3, -0.25) is 4.79 Å². The number of nitrogens with two attached hydrogens (primary N) is 1. The van der Waals surface area contributed by atoms with Crippen LogP contribution in [-0.2, 0) is 11.2 Å². The second-order valence-corrected chi connectivity index (χ2v) is 5.44. The smallest absolute Gasteiger partial charge is 0.260 e. The van der Waals surface area contributed by atoms with Crippen molar-refractivity contribution in [1.29, 1.82) is 0 Å². The van der Waals surface area contributed by atoms with E-state index in [4.69, 9.17) is 22.1 Å². The van der Waals surface area contributed by atoms with Gasteiger partial charge in [-0.2, -0.15) is 0 Å². The Bertz CT molecular complexity index is 459. The Morgan fingerprint density at radius 3 is 2.70 bits per heavy atom. The average molecular weight is 297 g/mol. The first kappa shape index (κ1) is 15.1. The van der Waals surface area contributed by atoms with Gasteiger partial charge >= 0.3 is 0 Å². The second kappa shape index (κ2) is 7.50. The van der Waals surface area contributed by atoms with Crippen LogP contribution in [0.25, 0.3) is 0 Å². The number of halogens is 1. The summed E-state index contributed by atoms with van der Waals surface area (Å²) in [7, 11) is 0. The van der Waals surface area contributed by atoms with Gasteiger partial charge in [0.25, 0.3) is 5.91 Å². The number of ether oxygens (including phenoxy) is 1. The fraction of sp³-hybridized carbons (Fsp3) is 0.533. The van der Waals surface area contributed by atoms with E-state index in [9.17, 15) is 4.79 Å². The minimum Gasteiger partial charge on any atom is -0.482 e. The zero-order chi connectivity index (χ0) is 14.4. The van der Waals surface area contributed by atoms with Crippen LogP contribution < -0.4 is 10.5 Å². The molecule has 2 N–H and O–H groups in total. The van der Waals surface area contributed by atoms with E-state index in [1.165, 1.54) is 6.42 Å². The minimum absolute atomic E-state index is 0.0341. The van der Waals surface area contributed by atoms with Gasteiger partial charge in [0, 0.05) is 13.1 Å². The highest BCUT2D eigenvalue weighted by molar-refractivity contribution is 6.32.